The fourth-order valence-corrected chi connectivity index (χ4v) is 3.20. The number of hydrazone groups is 1. The van der Waals surface area contributed by atoms with Crippen molar-refractivity contribution < 1.29 is 14.3 Å². The molecule has 0 aliphatic carbocycles. The summed E-state index contributed by atoms with van der Waals surface area (Å²) >= 11 is 0. The van der Waals surface area contributed by atoms with Crippen LogP contribution in [0.3, 0.4) is 0 Å². The van der Waals surface area contributed by atoms with Gasteiger partial charge in [0.2, 0.25) is 0 Å². The van der Waals surface area contributed by atoms with E-state index in [1.807, 2.05) is 30.3 Å². The van der Waals surface area contributed by atoms with E-state index in [-0.39, 0.29) is 5.70 Å². The highest BCUT2D eigenvalue weighted by atomic mass is 16.5. The lowest BCUT2D eigenvalue weighted by atomic mass is 10.1. The molecule has 0 radical (unpaired) electrons. The molecule has 4 rings (SSSR count). The number of aromatic nitrogens is 4. The average Bonchev–Trinajstić information content (AvgIpc) is 3.47. The largest absolute Gasteiger partial charge is 0.497 e. The van der Waals surface area contributed by atoms with Gasteiger partial charge >= 0.3 is 0 Å². The Morgan fingerprint density at radius 1 is 0.944 bits per heavy atom. The maximum absolute atomic E-state index is 13.0. The van der Waals surface area contributed by atoms with E-state index in [1.54, 1.807) is 68.6 Å². The lowest BCUT2D eigenvalue weighted by molar-refractivity contribution is -0.117. The van der Waals surface area contributed by atoms with Gasteiger partial charge in [0.25, 0.3) is 11.8 Å². The van der Waals surface area contributed by atoms with Gasteiger partial charge in [-0.05, 0) is 71.0 Å². The van der Waals surface area contributed by atoms with Crippen LogP contribution in [0, 0.1) is 0 Å². The molecule has 2 amide bonds. The third kappa shape index (κ3) is 6.06. The number of methoxy groups -OCH3 is 1. The molecule has 1 aromatic heterocycles. The van der Waals surface area contributed by atoms with Gasteiger partial charge in [0.1, 0.15) is 17.8 Å². The highest BCUT2D eigenvalue weighted by Crippen LogP contribution is 2.14. The van der Waals surface area contributed by atoms with E-state index in [0.29, 0.717) is 22.6 Å². The molecule has 10 heteroatoms. The average molecular weight is 482 g/mol. The topological polar surface area (TPSA) is 123 Å². The van der Waals surface area contributed by atoms with Crippen LogP contribution in [0.5, 0.6) is 5.75 Å². The van der Waals surface area contributed by atoms with Gasteiger partial charge in [0.05, 0.1) is 18.5 Å². The first-order valence-electron chi connectivity index (χ1n) is 10.9. The van der Waals surface area contributed by atoms with Gasteiger partial charge in [0.15, 0.2) is 0 Å². The summed E-state index contributed by atoms with van der Waals surface area (Å²) < 4.78 is 6.71. The van der Waals surface area contributed by atoms with Gasteiger partial charge in [-0.3, -0.25) is 9.59 Å². The number of amides is 2. The molecule has 0 saturated heterocycles. The Hall–Kier alpha value is -5.12. The molecule has 0 unspecified atom stereocenters. The third-order valence-corrected chi connectivity index (χ3v) is 5.18. The molecule has 4 aromatic rings. The minimum atomic E-state index is -0.570. The van der Waals surface area contributed by atoms with E-state index in [2.05, 4.69) is 31.4 Å². The van der Waals surface area contributed by atoms with Crippen LogP contribution in [0.2, 0.25) is 0 Å². The second kappa shape index (κ2) is 11.3. The second-order valence-corrected chi connectivity index (χ2v) is 7.59. The number of nitrogens with one attached hydrogen (secondary N) is 2. The Kier molecular flexibility index (Phi) is 7.57. The van der Waals surface area contributed by atoms with Crippen LogP contribution in [0.1, 0.15) is 28.4 Å². The summed E-state index contributed by atoms with van der Waals surface area (Å²) in [5.74, 6) is -0.304. The van der Waals surface area contributed by atoms with Crippen molar-refractivity contribution in [2.24, 2.45) is 5.10 Å². The first kappa shape index (κ1) is 24.0. The third-order valence-electron chi connectivity index (χ3n) is 5.18. The molecule has 1 heterocycles. The zero-order valence-corrected chi connectivity index (χ0v) is 19.6. The molecule has 36 heavy (non-hydrogen) atoms. The van der Waals surface area contributed by atoms with Gasteiger partial charge < -0.3 is 10.1 Å². The number of carbonyl (C=O) groups excluding carboxylic acids is 2. The Morgan fingerprint density at radius 2 is 1.67 bits per heavy atom. The quantitative estimate of drug-likeness (QED) is 0.227. The fourth-order valence-electron chi connectivity index (χ4n) is 3.20. The zero-order valence-electron chi connectivity index (χ0n) is 19.6. The summed E-state index contributed by atoms with van der Waals surface area (Å²) in [6.45, 7) is 1.77. The number of rotatable bonds is 8. The number of hydrogen-bond donors (Lipinski definition) is 2. The molecule has 10 nitrogen and oxygen atoms in total. The van der Waals surface area contributed by atoms with E-state index in [0.717, 1.165) is 11.3 Å². The van der Waals surface area contributed by atoms with Crippen LogP contribution in [-0.4, -0.2) is 44.8 Å². The predicted molar refractivity (Wildman–Crippen MR) is 134 cm³/mol. The molecule has 0 fully saturated rings. The fraction of sp³-hybridized carbons (Fsp3) is 0.0769. The minimum Gasteiger partial charge on any atom is -0.497 e. The van der Waals surface area contributed by atoms with Crippen LogP contribution in [0.4, 0.5) is 0 Å². The molecule has 0 aliphatic rings. The standard InChI is InChI=1S/C26H23N7O3/c1-18(20-10-12-22(13-11-20)33-17-27-31-32-33)29-30-26(35)24(16-19-8-14-23(36-2)15-9-19)28-25(34)21-6-4-3-5-7-21/h3-17H,1-2H3,(H,28,34)(H,30,35). The normalized spacial score (nSPS) is 11.6. The van der Waals surface area contributed by atoms with Crippen LogP contribution >= 0.6 is 0 Å². The number of nitrogens with zero attached hydrogens (tertiary/aromatic N) is 5. The van der Waals surface area contributed by atoms with Crippen molar-refractivity contribution in [3.8, 4) is 11.4 Å². The molecule has 0 saturated carbocycles. The minimum absolute atomic E-state index is 0.0413. The van der Waals surface area contributed by atoms with Crippen molar-refractivity contribution in [2.45, 2.75) is 6.92 Å². The van der Waals surface area contributed by atoms with Crippen molar-refractivity contribution in [3.63, 3.8) is 0 Å². The SMILES string of the molecule is COc1ccc(C=C(NC(=O)c2ccccc2)C(=O)NN=C(C)c2ccc(-n3cnnn3)cc2)cc1. The summed E-state index contributed by atoms with van der Waals surface area (Å²) in [6.07, 6.45) is 3.07. The van der Waals surface area contributed by atoms with Crippen LogP contribution in [-0.2, 0) is 4.79 Å². The van der Waals surface area contributed by atoms with Crippen molar-refractivity contribution in [1.29, 1.82) is 0 Å². The van der Waals surface area contributed by atoms with Crippen LogP contribution < -0.4 is 15.5 Å². The first-order chi connectivity index (χ1) is 17.5. The summed E-state index contributed by atoms with van der Waals surface area (Å²) in [7, 11) is 1.57. The molecule has 0 spiro atoms. The van der Waals surface area contributed by atoms with Gasteiger partial charge in [-0.1, -0.05) is 42.5 Å². The predicted octanol–water partition coefficient (Wildman–Crippen LogP) is 2.98. The first-order valence-corrected chi connectivity index (χ1v) is 10.9. The maximum Gasteiger partial charge on any atom is 0.287 e. The van der Waals surface area contributed by atoms with Gasteiger partial charge in [-0.25, -0.2) is 10.1 Å². The molecular formula is C26H23N7O3. The lowest BCUT2D eigenvalue weighted by Crippen LogP contribution is -2.33. The Balaban J connectivity index is 1.53. The Labute approximate surface area is 207 Å². The lowest BCUT2D eigenvalue weighted by Gasteiger charge is -2.10. The highest BCUT2D eigenvalue weighted by Gasteiger charge is 2.15. The monoisotopic (exact) mass is 481 g/mol. The van der Waals surface area contributed by atoms with Crippen molar-refractivity contribution in [3.05, 3.63) is 108 Å². The smallest absolute Gasteiger partial charge is 0.287 e. The Morgan fingerprint density at radius 3 is 2.31 bits per heavy atom. The molecule has 3 aromatic carbocycles. The van der Waals surface area contributed by atoms with E-state index in [1.165, 1.54) is 11.0 Å². The van der Waals surface area contributed by atoms with Crippen molar-refractivity contribution in [1.82, 2.24) is 30.9 Å². The summed E-state index contributed by atoms with van der Waals surface area (Å²) in [5, 5.41) is 18.0. The maximum atomic E-state index is 13.0. The van der Waals surface area contributed by atoms with E-state index in [4.69, 9.17) is 4.74 Å². The van der Waals surface area contributed by atoms with Gasteiger partial charge in [-0.15, -0.1) is 5.10 Å². The van der Waals surface area contributed by atoms with Crippen LogP contribution in [0.15, 0.2) is 96.0 Å². The number of benzene rings is 3. The number of hydrogen-bond acceptors (Lipinski definition) is 7. The van der Waals surface area contributed by atoms with Gasteiger partial charge in [-0.2, -0.15) is 5.10 Å². The van der Waals surface area contributed by atoms with Crippen molar-refractivity contribution in [2.75, 3.05) is 7.11 Å². The van der Waals surface area contributed by atoms with E-state index >= 15 is 0 Å². The second-order valence-electron chi connectivity index (χ2n) is 7.59. The molecule has 180 valence electrons. The number of ether oxygens (including phenoxy) is 1. The molecular weight excluding hydrogens is 458 g/mol. The Bertz CT molecular complexity index is 1380. The van der Waals surface area contributed by atoms with Crippen LogP contribution in [0.25, 0.3) is 11.8 Å². The highest BCUT2D eigenvalue weighted by molar-refractivity contribution is 6.06. The summed E-state index contributed by atoms with van der Waals surface area (Å²) in [6, 6.07) is 23.1. The zero-order chi connectivity index (χ0) is 25.3. The van der Waals surface area contributed by atoms with E-state index < -0.39 is 11.8 Å². The number of tetrazole rings is 1. The number of carbonyl (C=O) groups is 2. The van der Waals surface area contributed by atoms with E-state index in [9.17, 15) is 9.59 Å². The molecule has 0 bridgehead atoms. The summed E-state index contributed by atoms with van der Waals surface area (Å²) in [5.41, 5.74) is 5.85. The molecule has 2 N–H and O–H groups in total. The summed E-state index contributed by atoms with van der Waals surface area (Å²) in [4.78, 5) is 25.8. The van der Waals surface area contributed by atoms with Crippen molar-refractivity contribution >= 4 is 23.6 Å². The molecule has 0 aliphatic heterocycles. The molecule has 0 atom stereocenters. The van der Waals surface area contributed by atoms with Gasteiger partial charge in [0, 0.05) is 5.56 Å².